The van der Waals surface area contributed by atoms with Gasteiger partial charge in [-0.05, 0) is 5.56 Å². The first kappa shape index (κ1) is 12.5. The number of terminal acetylenes is 1. The molecule has 94 valence electrons. The smallest absolute Gasteiger partial charge is 0.411 e. The number of nitrogens with zero attached hydrogens (tertiary/aromatic N) is 1. The van der Waals surface area contributed by atoms with Gasteiger partial charge in [0.15, 0.2) is 0 Å². The predicted molar refractivity (Wildman–Crippen MR) is 66.8 cm³/mol. The van der Waals surface area contributed by atoms with Crippen molar-refractivity contribution < 1.29 is 14.3 Å². The van der Waals surface area contributed by atoms with E-state index in [2.05, 4.69) is 5.92 Å². The summed E-state index contributed by atoms with van der Waals surface area (Å²) in [5.41, 5.74) is 0.955. The molecule has 0 N–H and O–H groups in total. The average Bonchev–Trinajstić information content (AvgIpc) is 2.45. The van der Waals surface area contributed by atoms with Crippen LogP contribution in [0.5, 0.6) is 0 Å². The van der Waals surface area contributed by atoms with E-state index < -0.39 is 0 Å². The Kier molecular flexibility index (Phi) is 4.21. The Hall–Kier alpha value is -1.99. The number of carbonyl (C=O) groups is 1. The molecule has 4 heteroatoms. The largest absolute Gasteiger partial charge is 0.445 e. The predicted octanol–water partition coefficient (Wildman–Crippen LogP) is 1.66. The number of benzene rings is 1. The summed E-state index contributed by atoms with van der Waals surface area (Å²) in [5, 5.41) is 0. The zero-order valence-electron chi connectivity index (χ0n) is 10.0. The van der Waals surface area contributed by atoms with E-state index in [9.17, 15) is 4.79 Å². The Labute approximate surface area is 106 Å². The normalized spacial score (nSPS) is 19.1. The first-order valence-corrected chi connectivity index (χ1v) is 5.82. The minimum absolute atomic E-state index is 0.258. The highest BCUT2D eigenvalue weighted by Gasteiger charge is 2.26. The van der Waals surface area contributed by atoms with E-state index in [-0.39, 0.29) is 18.7 Å². The third-order valence-corrected chi connectivity index (χ3v) is 2.76. The maximum absolute atomic E-state index is 11.9. The Balaban J connectivity index is 1.89. The van der Waals surface area contributed by atoms with Gasteiger partial charge in [0, 0.05) is 6.54 Å². The van der Waals surface area contributed by atoms with Crippen LogP contribution < -0.4 is 0 Å². The zero-order valence-corrected chi connectivity index (χ0v) is 10.0. The third-order valence-electron chi connectivity index (χ3n) is 2.76. The lowest BCUT2D eigenvalue weighted by Crippen LogP contribution is -2.48. The van der Waals surface area contributed by atoms with E-state index in [1.54, 1.807) is 0 Å². The van der Waals surface area contributed by atoms with Gasteiger partial charge >= 0.3 is 6.09 Å². The van der Waals surface area contributed by atoms with Crippen LogP contribution in [0.3, 0.4) is 0 Å². The van der Waals surface area contributed by atoms with Crippen LogP contribution in [0.15, 0.2) is 30.3 Å². The Morgan fingerprint density at radius 2 is 2.28 bits per heavy atom. The molecular formula is C14H15NO3. The number of hydrogen-bond acceptors (Lipinski definition) is 3. The molecule has 0 aromatic heterocycles. The average molecular weight is 245 g/mol. The molecule has 1 saturated heterocycles. The van der Waals surface area contributed by atoms with Crippen LogP contribution in [0.2, 0.25) is 0 Å². The summed E-state index contributed by atoms with van der Waals surface area (Å²) in [6, 6.07) is 9.21. The second-order valence-electron chi connectivity index (χ2n) is 3.99. The van der Waals surface area contributed by atoms with Gasteiger partial charge in [0.25, 0.3) is 0 Å². The number of amides is 1. The van der Waals surface area contributed by atoms with Gasteiger partial charge in [0.05, 0.1) is 13.2 Å². The minimum Gasteiger partial charge on any atom is -0.445 e. The molecule has 1 aromatic carbocycles. The number of hydrogen-bond donors (Lipinski definition) is 0. The molecule has 0 bridgehead atoms. The van der Waals surface area contributed by atoms with Crippen molar-refractivity contribution in [1.29, 1.82) is 0 Å². The van der Waals surface area contributed by atoms with Crippen LogP contribution in [0.4, 0.5) is 4.79 Å². The topological polar surface area (TPSA) is 38.8 Å². The number of rotatable bonds is 2. The molecule has 1 fully saturated rings. The molecule has 4 nitrogen and oxygen atoms in total. The first-order valence-electron chi connectivity index (χ1n) is 5.82. The van der Waals surface area contributed by atoms with E-state index in [0.717, 1.165) is 5.56 Å². The second-order valence-corrected chi connectivity index (χ2v) is 3.99. The maximum atomic E-state index is 11.9. The van der Waals surface area contributed by atoms with E-state index >= 15 is 0 Å². The van der Waals surface area contributed by atoms with Gasteiger partial charge in [-0.3, -0.25) is 4.90 Å². The molecule has 1 unspecified atom stereocenters. The molecule has 1 amide bonds. The van der Waals surface area contributed by atoms with Crippen LogP contribution in [-0.4, -0.2) is 36.8 Å². The molecular weight excluding hydrogens is 230 g/mol. The zero-order chi connectivity index (χ0) is 12.8. The molecule has 0 saturated carbocycles. The second kappa shape index (κ2) is 6.08. The van der Waals surface area contributed by atoms with Gasteiger partial charge in [0.2, 0.25) is 0 Å². The molecule has 0 aliphatic carbocycles. The summed E-state index contributed by atoms with van der Waals surface area (Å²) in [6.45, 7) is 1.60. The Morgan fingerprint density at radius 3 is 3.00 bits per heavy atom. The van der Waals surface area contributed by atoms with Crippen LogP contribution in [-0.2, 0) is 16.1 Å². The fourth-order valence-corrected chi connectivity index (χ4v) is 1.76. The molecule has 1 aliphatic heterocycles. The lowest BCUT2D eigenvalue weighted by atomic mass is 10.2. The highest BCUT2D eigenvalue weighted by Crippen LogP contribution is 2.09. The molecule has 0 spiro atoms. The fourth-order valence-electron chi connectivity index (χ4n) is 1.76. The fraction of sp³-hybridized carbons (Fsp3) is 0.357. The summed E-state index contributed by atoms with van der Waals surface area (Å²) in [6.07, 6.45) is 4.98. The Morgan fingerprint density at radius 1 is 1.50 bits per heavy atom. The van der Waals surface area contributed by atoms with Crippen molar-refractivity contribution >= 4 is 6.09 Å². The van der Waals surface area contributed by atoms with Crippen LogP contribution in [0.1, 0.15) is 5.56 Å². The van der Waals surface area contributed by atoms with Gasteiger partial charge in [0.1, 0.15) is 12.6 Å². The van der Waals surface area contributed by atoms with Crippen molar-refractivity contribution in [3.05, 3.63) is 35.9 Å². The highest BCUT2D eigenvalue weighted by atomic mass is 16.6. The van der Waals surface area contributed by atoms with Crippen molar-refractivity contribution in [2.24, 2.45) is 0 Å². The van der Waals surface area contributed by atoms with Crippen molar-refractivity contribution in [2.45, 2.75) is 12.6 Å². The molecule has 1 atom stereocenters. The first-order chi connectivity index (χ1) is 8.81. The summed E-state index contributed by atoms with van der Waals surface area (Å²) < 4.78 is 10.5. The molecule has 18 heavy (non-hydrogen) atoms. The third kappa shape index (κ3) is 3.02. The monoisotopic (exact) mass is 245 g/mol. The van der Waals surface area contributed by atoms with Crippen molar-refractivity contribution in [3.63, 3.8) is 0 Å². The number of ether oxygens (including phenoxy) is 2. The van der Waals surface area contributed by atoms with Gasteiger partial charge in [-0.1, -0.05) is 36.3 Å². The van der Waals surface area contributed by atoms with Crippen molar-refractivity contribution in [3.8, 4) is 12.3 Å². The highest BCUT2D eigenvalue weighted by molar-refractivity contribution is 5.68. The van der Waals surface area contributed by atoms with Gasteiger partial charge in [-0.15, -0.1) is 6.42 Å². The van der Waals surface area contributed by atoms with E-state index in [4.69, 9.17) is 15.9 Å². The van der Waals surface area contributed by atoms with Gasteiger partial charge in [-0.25, -0.2) is 4.79 Å². The van der Waals surface area contributed by atoms with Crippen LogP contribution in [0.25, 0.3) is 0 Å². The van der Waals surface area contributed by atoms with E-state index in [0.29, 0.717) is 19.8 Å². The van der Waals surface area contributed by atoms with E-state index in [1.807, 2.05) is 30.3 Å². The van der Waals surface area contributed by atoms with Crippen molar-refractivity contribution in [2.75, 3.05) is 19.8 Å². The molecule has 1 aliphatic rings. The summed E-state index contributed by atoms with van der Waals surface area (Å²) in [7, 11) is 0. The quantitative estimate of drug-likeness (QED) is 0.744. The van der Waals surface area contributed by atoms with Crippen LogP contribution in [0, 0.1) is 12.3 Å². The minimum atomic E-state index is -0.384. The standard InChI is InChI=1S/C14H15NO3/c1-2-13-11-17-9-8-15(13)14(16)18-10-12-6-4-3-5-7-12/h1,3-7,13H,8-11H2. The van der Waals surface area contributed by atoms with Gasteiger partial charge in [-0.2, -0.15) is 0 Å². The molecule has 1 aromatic rings. The summed E-state index contributed by atoms with van der Waals surface area (Å²) in [5.74, 6) is 2.53. The van der Waals surface area contributed by atoms with Crippen LogP contribution >= 0.6 is 0 Å². The SMILES string of the molecule is C#CC1COCCN1C(=O)OCc1ccccc1. The molecule has 0 radical (unpaired) electrons. The molecule has 1 heterocycles. The van der Waals surface area contributed by atoms with Gasteiger partial charge < -0.3 is 9.47 Å². The maximum Gasteiger partial charge on any atom is 0.411 e. The Bertz CT molecular complexity index is 438. The summed E-state index contributed by atoms with van der Waals surface area (Å²) >= 11 is 0. The summed E-state index contributed by atoms with van der Waals surface area (Å²) in [4.78, 5) is 13.4. The number of morpholine rings is 1. The lowest BCUT2D eigenvalue weighted by molar-refractivity contribution is 0.00618. The van der Waals surface area contributed by atoms with E-state index in [1.165, 1.54) is 4.90 Å². The number of carbonyl (C=O) groups excluding carboxylic acids is 1. The lowest BCUT2D eigenvalue weighted by Gasteiger charge is -2.31. The van der Waals surface area contributed by atoms with Crippen molar-refractivity contribution in [1.82, 2.24) is 4.90 Å². The molecule has 2 rings (SSSR count).